The maximum atomic E-state index is 14.6. The highest BCUT2D eigenvalue weighted by atomic mass is 19.1. The summed E-state index contributed by atoms with van der Waals surface area (Å²) in [6.45, 7) is 6.89. The zero-order valence-electron chi connectivity index (χ0n) is 18.6. The zero-order valence-corrected chi connectivity index (χ0v) is 18.6. The van der Waals surface area contributed by atoms with Crippen molar-refractivity contribution in [2.75, 3.05) is 0 Å². The predicted molar refractivity (Wildman–Crippen MR) is 121 cm³/mol. The summed E-state index contributed by atoms with van der Waals surface area (Å²) in [6, 6.07) is 9.91. The van der Waals surface area contributed by atoms with Gasteiger partial charge in [0.15, 0.2) is 0 Å². The Hall–Kier alpha value is -2.96. The number of aliphatic hydroxyl groups excluding tert-OH is 1. The lowest BCUT2D eigenvalue weighted by Gasteiger charge is -2.25. The number of rotatable bonds is 5. The number of benzene rings is 2. The second-order valence-electron chi connectivity index (χ2n) is 8.80. The van der Waals surface area contributed by atoms with Gasteiger partial charge in [-0.3, -0.25) is 4.98 Å². The number of aromatic nitrogens is 2. The number of nitrogens with zero attached hydrogens (tertiary/aromatic N) is 2. The van der Waals surface area contributed by atoms with Crippen molar-refractivity contribution in [2.45, 2.75) is 52.2 Å². The molecule has 0 saturated carbocycles. The SMILES string of the molecule is Cc1cc(F)c2nc(CCC(C)(O)c3ccnc4c(F)cc(C)cc34)cc(C(C)O)c2c1. The van der Waals surface area contributed by atoms with Gasteiger partial charge in [-0.25, -0.2) is 13.8 Å². The molecule has 2 aromatic carbocycles. The Labute approximate surface area is 185 Å². The Bertz CT molecular complexity index is 1330. The van der Waals surface area contributed by atoms with Crippen LogP contribution in [-0.2, 0) is 12.0 Å². The Morgan fingerprint density at radius 2 is 1.59 bits per heavy atom. The van der Waals surface area contributed by atoms with Crippen molar-refractivity contribution in [1.29, 1.82) is 0 Å². The van der Waals surface area contributed by atoms with Crippen LogP contribution in [0.25, 0.3) is 21.8 Å². The van der Waals surface area contributed by atoms with E-state index in [1.807, 2.05) is 12.1 Å². The second-order valence-corrected chi connectivity index (χ2v) is 8.80. The van der Waals surface area contributed by atoms with Crippen molar-refractivity contribution >= 4 is 21.8 Å². The molecule has 2 atom stereocenters. The summed E-state index contributed by atoms with van der Waals surface area (Å²) in [5.74, 6) is -0.872. The largest absolute Gasteiger partial charge is 0.389 e. The summed E-state index contributed by atoms with van der Waals surface area (Å²) in [6.07, 6.45) is 1.30. The third kappa shape index (κ3) is 4.08. The molecule has 166 valence electrons. The van der Waals surface area contributed by atoms with Crippen molar-refractivity contribution in [3.63, 3.8) is 0 Å². The molecule has 2 unspecified atom stereocenters. The maximum Gasteiger partial charge on any atom is 0.149 e. The van der Waals surface area contributed by atoms with E-state index in [9.17, 15) is 19.0 Å². The van der Waals surface area contributed by atoms with E-state index in [1.165, 1.54) is 18.3 Å². The summed E-state index contributed by atoms with van der Waals surface area (Å²) in [5.41, 5.74) is 2.35. The molecule has 0 amide bonds. The van der Waals surface area contributed by atoms with Crippen molar-refractivity contribution < 1.29 is 19.0 Å². The van der Waals surface area contributed by atoms with E-state index in [0.29, 0.717) is 34.0 Å². The van der Waals surface area contributed by atoms with Crippen molar-refractivity contribution in [3.8, 4) is 0 Å². The number of hydrogen-bond acceptors (Lipinski definition) is 4. The normalized spacial score (nSPS) is 14.6. The van der Waals surface area contributed by atoms with E-state index in [2.05, 4.69) is 9.97 Å². The van der Waals surface area contributed by atoms with E-state index in [0.717, 1.165) is 11.1 Å². The van der Waals surface area contributed by atoms with E-state index in [1.54, 1.807) is 39.8 Å². The Kier molecular flexibility index (Phi) is 5.69. The fraction of sp³-hybridized carbons (Fsp3) is 0.308. The topological polar surface area (TPSA) is 66.2 Å². The molecule has 0 fully saturated rings. The second kappa shape index (κ2) is 8.19. The molecule has 2 N–H and O–H groups in total. The van der Waals surface area contributed by atoms with Crippen LogP contribution < -0.4 is 0 Å². The molecule has 4 aromatic rings. The highest BCUT2D eigenvalue weighted by Crippen LogP contribution is 2.34. The third-order valence-corrected chi connectivity index (χ3v) is 5.94. The first-order chi connectivity index (χ1) is 15.1. The van der Waals surface area contributed by atoms with Gasteiger partial charge >= 0.3 is 0 Å². The summed E-state index contributed by atoms with van der Waals surface area (Å²) in [5, 5.41) is 22.7. The van der Waals surface area contributed by atoms with Crippen LogP contribution in [-0.4, -0.2) is 20.2 Å². The van der Waals surface area contributed by atoms with Gasteiger partial charge in [-0.05, 0) is 99.2 Å². The van der Waals surface area contributed by atoms with Crippen LogP contribution in [0.1, 0.15) is 54.3 Å². The minimum Gasteiger partial charge on any atom is -0.389 e. The molecule has 0 bridgehead atoms. The van der Waals surface area contributed by atoms with Gasteiger partial charge in [0.25, 0.3) is 0 Å². The van der Waals surface area contributed by atoms with Gasteiger partial charge in [-0.2, -0.15) is 0 Å². The lowest BCUT2D eigenvalue weighted by molar-refractivity contribution is 0.0492. The molecule has 6 heteroatoms. The van der Waals surface area contributed by atoms with Gasteiger partial charge in [0.2, 0.25) is 0 Å². The van der Waals surface area contributed by atoms with Crippen LogP contribution in [0.15, 0.2) is 42.6 Å². The fourth-order valence-electron chi connectivity index (χ4n) is 4.30. The third-order valence-electron chi connectivity index (χ3n) is 5.94. The standard InChI is InChI=1S/C26H26F2N2O2/c1-14-9-19-18(16(3)31)13-17(30-25(19)23(28)12-14)5-7-26(4,32)21-6-8-29-24-20(21)10-15(2)11-22(24)27/h6,8-13,16,31-32H,5,7H2,1-4H3. The summed E-state index contributed by atoms with van der Waals surface area (Å²) < 4.78 is 29.0. The number of halogens is 2. The van der Waals surface area contributed by atoms with Crippen molar-refractivity contribution in [3.05, 3.63) is 82.2 Å². The summed E-state index contributed by atoms with van der Waals surface area (Å²) in [4.78, 5) is 8.60. The molecule has 0 radical (unpaired) electrons. The number of aryl methyl sites for hydroxylation is 3. The van der Waals surface area contributed by atoms with E-state index < -0.39 is 23.3 Å². The molecule has 4 nitrogen and oxygen atoms in total. The molecule has 0 aliphatic rings. The van der Waals surface area contributed by atoms with Gasteiger partial charge in [-0.1, -0.05) is 0 Å². The molecule has 32 heavy (non-hydrogen) atoms. The molecule has 0 aliphatic carbocycles. The molecule has 0 aliphatic heterocycles. The first kappa shape index (κ1) is 22.2. The summed E-state index contributed by atoms with van der Waals surface area (Å²) in [7, 11) is 0. The molecule has 2 aromatic heterocycles. The van der Waals surface area contributed by atoms with Crippen molar-refractivity contribution in [1.82, 2.24) is 9.97 Å². The lowest BCUT2D eigenvalue weighted by Crippen LogP contribution is -2.23. The summed E-state index contributed by atoms with van der Waals surface area (Å²) >= 11 is 0. The molecular formula is C26H26F2N2O2. The van der Waals surface area contributed by atoms with E-state index >= 15 is 0 Å². The van der Waals surface area contributed by atoms with Crippen LogP contribution >= 0.6 is 0 Å². The zero-order chi connectivity index (χ0) is 23.2. The van der Waals surface area contributed by atoms with Gasteiger partial charge in [0.1, 0.15) is 22.7 Å². The van der Waals surface area contributed by atoms with Crippen LogP contribution in [0.2, 0.25) is 0 Å². The van der Waals surface area contributed by atoms with Crippen LogP contribution in [0.4, 0.5) is 8.78 Å². The number of aliphatic hydroxyl groups is 2. The van der Waals surface area contributed by atoms with Gasteiger partial charge in [0.05, 0.1) is 11.7 Å². The quantitative estimate of drug-likeness (QED) is 0.429. The van der Waals surface area contributed by atoms with Crippen LogP contribution in [0.3, 0.4) is 0 Å². The lowest BCUT2D eigenvalue weighted by atomic mass is 9.87. The first-order valence-electron chi connectivity index (χ1n) is 10.6. The molecular weight excluding hydrogens is 410 g/mol. The Balaban J connectivity index is 1.73. The maximum absolute atomic E-state index is 14.6. The highest BCUT2D eigenvalue weighted by molar-refractivity contribution is 5.85. The van der Waals surface area contributed by atoms with Crippen LogP contribution in [0.5, 0.6) is 0 Å². The highest BCUT2D eigenvalue weighted by Gasteiger charge is 2.27. The number of fused-ring (bicyclic) bond motifs is 2. The van der Waals surface area contributed by atoms with Gasteiger partial charge < -0.3 is 10.2 Å². The van der Waals surface area contributed by atoms with Crippen molar-refractivity contribution in [2.24, 2.45) is 0 Å². The minimum absolute atomic E-state index is 0.204. The monoisotopic (exact) mass is 436 g/mol. The van der Waals surface area contributed by atoms with Gasteiger partial charge in [0, 0.05) is 22.7 Å². The smallest absolute Gasteiger partial charge is 0.149 e. The average molecular weight is 437 g/mol. The Morgan fingerprint density at radius 3 is 2.25 bits per heavy atom. The fourth-order valence-corrected chi connectivity index (χ4v) is 4.30. The number of hydrogen-bond donors (Lipinski definition) is 2. The van der Waals surface area contributed by atoms with Gasteiger partial charge in [-0.15, -0.1) is 0 Å². The predicted octanol–water partition coefficient (Wildman–Crippen LogP) is 5.57. The van der Waals surface area contributed by atoms with E-state index in [-0.39, 0.29) is 17.5 Å². The molecule has 2 heterocycles. The van der Waals surface area contributed by atoms with Crippen LogP contribution in [0, 0.1) is 25.5 Å². The molecule has 4 rings (SSSR count). The average Bonchev–Trinajstić information content (AvgIpc) is 2.71. The minimum atomic E-state index is -1.30. The van der Waals surface area contributed by atoms with E-state index in [4.69, 9.17) is 0 Å². The molecule has 0 saturated heterocycles. The first-order valence-corrected chi connectivity index (χ1v) is 10.6. The Morgan fingerprint density at radius 1 is 0.969 bits per heavy atom. The number of pyridine rings is 2. The molecule has 0 spiro atoms.